The van der Waals surface area contributed by atoms with E-state index >= 15 is 0 Å². The molecule has 2 aromatic rings. The molecule has 0 saturated heterocycles. The van der Waals surface area contributed by atoms with Gasteiger partial charge in [0.1, 0.15) is 0 Å². The SMILES string of the molecule is CC(=O)c1ccc2[n+](c1)C(C)CC(C)c1ccccc1-2. The first-order valence-corrected chi connectivity index (χ1v) is 7.23. The lowest BCUT2D eigenvalue weighted by Gasteiger charge is -2.11. The molecule has 20 heavy (non-hydrogen) atoms. The van der Waals surface area contributed by atoms with Gasteiger partial charge in [-0.05, 0) is 37.5 Å². The van der Waals surface area contributed by atoms with Gasteiger partial charge in [0, 0.05) is 18.1 Å². The minimum absolute atomic E-state index is 0.123. The summed E-state index contributed by atoms with van der Waals surface area (Å²) in [5.74, 6) is 0.653. The zero-order chi connectivity index (χ0) is 14.3. The van der Waals surface area contributed by atoms with Gasteiger partial charge in [-0.25, -0.2) is 0 Å². The summed E-state index contributed by atoms with van der Waals surface area (Å²) in [4.78, 5) is 11.6. The van der Waals surface area contributed by atoms with Crippen LogP contribution < -0.4 is 4.57 Å². The van der Waals surface area contributed by atoms with E-state index in [-0.39, 0.29) is 5.78 Å². The third kappa shape index (κ3) is 2.05. The van der Waals surface area contributed by atoms with Crippen molar-refractivity contribution in [3.05, 3.63) is 53.7 Å². The standard InChI is InChI=1S/C18H20NO/c1-12-10-13(2)19-11-15(14(3)20)8-9-18(19)17-7-5-4-6-16(12)17/h4-9,11-13H,10H2,1-3H3/q+1. The van der Waals surface area contributed by atoms with Crippen molar-refractivity contribution < 1.29 is 9.36 Å². The zero-order valence-electron chi connectivity index (χ0n) is 12.3. The lowest BCUT2D eigenvalue weighted by atomic mass is 9.92. The van der Waals surface area contributed by atoms with Crippen LogP contribution in [0.2, 0.25) is 0 Å². The molecule has 1 aromatic heterocycles. The first kappa shape index (κ1) is 13.0. The fourth-order valence-electron chi connectivity index (χ4n) is 3.23. The Morgan fingerprint density at radius 3 is 2.65 bits per heavy atom. The quantitative estimate of drug-likeness (QED) is 0.566. The molecule has 0 bridgehead atoms. The Balaban J connectivity index is 2.26. The van der Waals surface area contributed by atoms with Crippen molar-refractivity contribution in [1.29, 1.82) is 0 Å². The lowest BCUT2D eigenvalue weighted by molar-refractivity contribution is -0.709. The molecule has 0 spiro atoms. The summed E-state index contributed by atoms with van der Waals surface area (Å²) >= 11 is 0. The molecule has 2 nitrogen and oxygen atoms in total. The van der Waals surface area contributed by atoms with Crippen LogP contribution in [-0.4, -0.2) is 5.78 Å². The summed E-state index contributed by atoms with van der Waals surface area (Å²) in [6, 6.07) is 13.0. The second-order valence-corrected chi connectivity index (χ2v) is 5.84. The van der Waals surface area contributed by atoms with Crippen LogP contribution in [0, 0.1) is 0 Å². The van der Waals surface area contributed by atoms with E-state index in [1.54, 1.807) is 6.92 Å². The van der Waals surface area contributed by atoms with Crippen molar-refractivity contribution in [2.24, 2.45) is 0 Å². The summed E-state index contributed by atoms with van der Waals surface area (Å²) in [5.41, 5.74) is 4.69. The molecule has 0 N–H and O–H groups in total. The molecule has 0 amide bonds. The van der Waals surface area contributed by atoms with Gasteiger partial charge in [0.2, 0.25) is 5.69 Å². The number of fused-ring (bicyclic) bond motifs is 3. The van der Waals surface area contributed by atoms with E-state index in [0.717, 1.165) is 12.0 Å². The highest BCUT2D eigenvalue weighted by Crippen LogP contribution is 2.35. The monoisotopic (exact) mass is 266 g/mol. The molecule has 0 aliphatic carbocycles. The summed E-state index contributed by atoms with van der Waals surface area (Å²) in [7, 11) is 0. The molecule has 3 rings (SSSR count). The van der Waals surface area contributed by atoms with Crippen molar-refractivity contribution in [3.63, 3.8) is 0 Å². The minimum atomic E-state index is 0.123. The summed E-state index contributed by atoms with van der Waals surface area (Å²) in [6.45, 7) is 6.14. The van der Waals surface area contributed by atoms with Crippen molar-refractivity contribution in [2.45, 2.75) is 39.2 Å². The first-order chi connectivity index (χ1) is 9.58. The van der Waals surface area contributed by atoms with E-state index in [0.29, 0.717) is 12.0 Å². The lowest BCUT2D eigenvalue weighted by Crippen LogP contribution is -2.40. The number of carbonyl (C=O) groups is 1. The topological polar surface area (TPSA) is 20.9 Å². The molecule has 2 heterocycles. The van der Waals surface area contributed by atoms with E-state index in [2.05, 4.69) is 48.7 Å². The Morgan fingerprint density at radius 2 is 1.90 bits per heavy atom. The van der Waals surface area contributed by atoms with Crippen LogP contribution in [0.1, 0.15) is 55.1 Å². The van der Waals surface area contributed by atoms with Gasteiger partial charge >= 0.3 is 0 Å². The third-order valence-electron chi connectivity index (χ3n) is 4.32. The number of carbonyl (C=O) groups excluding carboxylic acids is 1. The normalized spacial score (nSPS) is 20.8. The van der Waals surface area contributed by atoms with Gasteiger partial charge < -0.3 is 0 Å². The van der Waals surface area contributed by atoms with E-state index in [9.17, 15) is 4.79 Å². The molecule has 2 unspecified atom stereocenters. The maximum absolute atomic E-state index is 11.6. The van der Waals surface area contributed by atoms with Crippen LogP contribution >= 0.6 is 0 Å². The zero-order valence-corrected chi connectivity index (χ0v) is 12.3. The molecule has 0 saturated carbocycles. The molecule has 2 heteroatoms. The van der Waals surface area contributed by atoms with Gasteiger partial charge in [0.15, 0.2) is 18.0 Å². The number of rotatable bonds is 1. The Bertz CT molecular complexity index is 675. The van der Waals surface area contributed by atoms with Crippen molar-refractivity contribution in [3.8, 4) is 11.3 Å². The molecular weight excluding hydrogens is 246 g/mol. The Morgan fingerprint density at radius 1 is 1.15 bits per heavy atom. The van der Waals surface area contributed by atoms with Gasteiger partial charge in [-0.3, -0.25) is 4.79 Å². The van der Waals surface area contributed by atoms with E-state index < -0.39 is 0 Å². The molecule has 0 fully saturated rings. The number of benzene rings is 1. The summed E-state index contributed by atoms with van der Waals surface area (Å²) < 4.78 is 2.26. The molecule has 2 atom stereocenters. The Kier molecular flexibility index (Phi) is 3.17. The van der Waals surface area contributed by atoms with Crippen LogP contribution in [0.5, 0.6) is 0 Å². The number of ketones is 1. The van der Waals surface area contributed by atoms with Gasteiger partial charge in [0.25, 0.3) is 0 Å². The van der Waals surface area contributed by atoms with Gasteiger partial charge in [0.05, 0.1) is 5.56 Å². The molecule has 0 radical (unpaired) electrons. The maximum Gasteiger partial charge on any atom is 0.213 e. The predicted octanol–water partition coefficient (Wildman–Crippen LogP) is 3.91. The second kappa shape index (κ2) is 4.86. The average molecular weight is 266 g/mol. The van der Waals surface area contributed by atoms with Crippen LogP contribution in [0.3, 0.4) is 0 Å². The second-order valence-electron chi connectivity index (χ2n) is 5.84. The largest absolute Gasteiger partial charge is 0.294 e. The number of Topliss-reactive ketones (excluding diaryl/α,β-unsaturated/α-hetero) is 1. The number of pyridine rings is 1. The number of aromatic nitrogens is 1. The van der Waals surface area contributed by atoms with Crippen LogP contribution in [-0.2, 0) is 0 Å². The highest BCUT2D eigenvalue weighted by atomic mass is 16.1. The fraction of sp³-hybridized carbons (Fsp3) is 0.333. The van der Waals surface area contributed by atoms with Crippen LogP contribution in [0.4, 0.5) is 0 Å². The van der Waals surface area contributed by atoms with Crippen molar-refractivity contribution >= 4 is 5.78 Å². The number of hydrogen-bond acceptors (Lipinski definition) is 1. The van der Waals surface area contributed by atoms with Gasteiger partial charge in [-0.15, -0.1) is 0 Å². The Hall–Kier alpha value is -1.96. The van der Waals surface area contributed by atoms with E-state index in [1.165, 1.54) is 16.8 Å². The van der Waals surface area contributed by atoms with Crippen LogP contribution in [0.15, 0.2) is 42.6 Å². The fourth-order valence-corrected chi connectivity index (χ4v) is 3.23. The molecule has 1 aliphatic heterocycles. The van der Waals surface area contributed by atoms with Crippen LogP contribution in [0.25, 0.3) is 11.3 Å². The van der Waals surface area contributed by atoms with Gasteiger partial charge in [-0.2, -0.15) is 4.57 Å². The Labute approximate surface area is 120 Å². The highest BCUT2D eigenvalue weighted by molar-refractivity contribution is 5.93. The highest BCUT2D eigenvalue weighted by Gasteiger charge is 2.29. The van der Waals surface area contributed by atoms with Crippen molar-refractivity contribution in [1.82, 2.24) is 0 Å². The number of nitrogens with zero attached hydrogens (tertiary/aromatic N) is 1. The molecule has 1 aromatic carbocycles. The molecule has 102 valence electrons. The average Bonchev–Trinajstić information content (AvgIpc) is 2.55. The summed E-state index contributed by atoms with van der Waals surface area (Å²) in [6.07, 6.45) is 3.10. The third-order valence-corrected chi connectivity index (χ3v) is 4.32. The summed E-state index contributed by atoms with van der Waals surface area (Å²) in [5, 5.41) is 0. The minimum Gasteiger partial charge on any atom is -0.294 e. The van der Waals surface area contributed by atoms with E-state index in [4.69, 9.17) is 0 Å². The van der Waals surface area contributed by atoms with Crippen molar-refractivity contribution in [2.75, 3.05) is 0 Å². The van der Waals surface area contributed by atoms with Gasteiger partial charge in [-0.1, -0.05) is 25.1 Å². The predicted molar refractivity (Wildman–Crippen MR) is 79.8 cm³/mol. The first-order valence-electron chi connectivity index (χ1n) is 7.23. The van der Waals surface area contributed by atoms with E-state index in [1.807, 2.05) is 12.3 Å². The molecule has 1 aliphatic rings. The smallest absolute Gasteiger partial charge is 0.213 e. The maximum atomic E-state index is 11.6. The number of hydrogen-bond donors (Lipinski definition) is 0. The molecular formula is C18H20NO+.